The number of aromatic nitrogens is 1. The van der Waals surface area contributed by atoms with E-state index in [1.165, 1.54) is 30.8 Å². The Hall–Kier alpha value is -3.05. The third-order valence-corrected chi connectivity index (χ3v) is 8.01. The van der Waals surface area contributed by atoms with Gasteiger partial charge in [0.2, 0.25) is 10.0 Å². The van der Waals surface area contributed by atoms with Crippen LogP contribution < -0.4 is 9.47 Å². The van der Waals surface area contributed by atoms with E-state index in [9.17, 15) is 18.0 Å². The number of hydrogen-bond acceptors (Lipinski definition) is 6. The highest BCUT2D eigenvalue weighted by Gasteiger charge is 2.30. The van der Waals surface area contributed by atoms with Gasteiger partial charge in [0.1, 0.15) is 22.1 Å². The molecular weight excluding hydrogens is 460 g/mol. The number of hydrogen-bond donors (Lipinski definition) is 0. The van der Waals surface area contributed by atoms with E-state index in [2.05, 4.69) is 0 Å². The maximum absolute atomic E-state index is 13.1. The second-order valence-electron chi connectivity index (χ2n) is 7.95. The van der Waals surface area contributed by atoms with E-state index >= 15 is 0 Å². The summed E-state index contributed by atoms with van der Waals surface area (Å²) in [6.45, 7) is 5.66. The van der Waals surface area contributed by atoms with E-state index in [1.807, 2.05) is 0 Å². The van der Waals surface area contributed by atoms with E-state index in [1.54, 1.807) is 53.5 Å². The number of aryl methyl sites for hydroxylation is 1. The van der Waals surface area contributed by atoms with Crippen LogP contribution in [0.15, 0.2) is 35.4 Å². The smallest absolute Gasteiger partial charge is 0.270 e. The van der Waals surface area contributed by atoms with Crippen molar-refractivity contribution >= 4 is 21.8 Å². The van der Waals surface area contributed by atoms with Crippen LogP contribution in [0, 0.1) is 0 Å². The highest BCUT2D eigenvalue weighted by molar-refractivity contribution is 7.89. The zero-order chi connectivity index (χ0) is 25.0. The third kappa shape index (κ3) is 5.05. The lowest BCUT2D eigenvalue weighted by molar-refractivity contribution is 0.0530. The number of piperazine rings is 1. The number of carbonyl (C=O) groups is 2. The largest absolute Gasteiger partial charge is 0.497 e. The van der Waals surface area contributed by atoms with E-state index in [-0.39, 0.29) is 16.7 Å². The summed E-state index contributed by atoms with van der Waals surface area (Å²) in [4.78, 5) is 29.6. The molecule has 34 heavy (non-hydrogen) atoms. The van der Waals surface area contributed by atoms with Crippen molar-refractivity contribution < 1.29 is 27.5 Å². The first-order valence-corrected chi connectivity index (χ1v) is 12.6. The van der Waals surface area contributed by atoms with Crippen LogP contribution in [0.25, 0.3) is 0 Å². The fourth-order valence-corrected chi connectivity index (χ4v) is 5.52. The summed E-state index contributed by atoms with van der Waals surface area (Å²) < 4.78 is 39.0. The average molecular weight is 493 g/mol. The Balaban J connectivity index is 1.71. The molecule has 1 aromatic carbocycles. The van der Waals surface area contributed by atoms with E-state index < -0.39 is 10.0 Å². The summed E-state index contributed by atoms with van der Waals surface area (Å²) in [6, 6.07) is 6.44. The van der Waals surface area contributed by atoms with Gasteiger partial charge in [0, 0.05) is 64.1 Å². The number of ether oxygens (including phenoxy) is 2. The summed E-state index contributed by atoms with van der Waals surface area (Å²) in [6.07, 6.45) is 1.47. The van der Waals surface area contributed by atoms with Crippen LogP contribution in [0.5, 0.6) is 11.5 Å². The van der Waals surface area contributed by atoms with Crippen LogP contribution in [0.2, 0.25) is 0 Å². The van der Waals surface area contributed by atoms with Crippen molar-refractivity contribution in [1.82, 2.24) is 18.7 Å². The SMILES string of the molecule is CCN(CC)S(=O)(=O)c1cc(C(=O)N2CCN(C(=O)c3cc(OC)cc(OC)c3)CC2)n(C)c1. The van der Waals surface area contributed by atoms with Gasteiger partial charge in [0.15, 0.2) is 0 Å². The van der Waals surface area contributed by atoms with E-state index in [0.717, 1.165) is 0 Å². The van der Waals surface area contributed by atoms with E-state index in [0.29, 0.717) is 62.0 Å². The molecule has 0 N–H and O–H groups in total. The van der Waals surface area contributed by atoms with Crippen molar-refractivity contribution in [1.29, 1.82) is 0 Å². The Morgan fingerprint density at radius 1 is 0.882 bits per heavy atom. The molecule has 0 aliphatic carbocycles. The Kier molecular flexibility index (Phi) is 7.88. The van der Waals surface area contributed by atoms with Gasteiger partial charge in [0.25, 0.3) is 11.8 Å². The molecule has 10 nitrogen and oxygen atoms in total. The van der Waals surface area contributed by atoms with Gasteiger partial charge in [-0.1, -0.05) is 13.8 Å². The molecule has 0 unspecified atom stereocenters. The molecule has 1 saturated heterocycles. The topological polar surface area (TPSA) is 101 Å². The number of carbonyl (C=O) groups excluding carboxylic acids is 2. The van der Waals surface area contributed by atoms with Crippen LogP contribution in [0.1, 0.15) is 34.7 Å². The summed E-state index contributed by atoms with van der Waals surface area (Å²) in [5.41, 5.74) is 0.743. The molecule has 0 spiro atoms. The molecule has 2 aromatic rings. The molecule has 186 valence electrons. The first-order valence-electron chi connectivity index (χ1n) is 11.1. The zero-order valence-electron chi connectivity index (χ0n) is 20.3. The van der Waals surface area contributed by atoms with Crippen LogP contribution in [0.3, 0.4) is 0 Å². The standard InChI is InChI=1S/C23H32N4O6S/c1-6-27(7-2)34(30,31)20-15-21(24(3)16-20)23(29)26-10-8-25(9-11-26)22(28)17-12-18(32-4)14-19(13-17)33-5/h12-16H,6-11H2,1-5H3. The lowest BCUT2D eigenvalue weighted by Gasteiger charge is -2.35. The highest BCUT2D eigenvalue weighted by atomic mass is 32.2. The van der Waals surface area contributed by atoms with Gasteiger partial charge in [-0.05, 0) is 18.2 Å². The molecule has 1 aliphatic rings. The lowest BCUT2D eigenvalue weighted by Crippen LogP contribution is -2.50. The molecular formula is C23H32N4O6S. The minimum Gasteiger partial charge on any atom is -0.497 e. The first-order chi connectivity index (χ1) is 16.2. The van der Waals surface area contributed by atoms with Gasteiger partial charge in [0.05, 0.1) is 14.2 Å². The normalized spacial score (nSPS) is 14.4. The molecule has 0 radical (unpaired) electrons. The van der Waals surface area contributed by atoms with Gasteiger partial charge in [-0.15, -0.1) is 0 Å². The fourth-order valence-electron chi connectivity index (χ4n) is 3.99. The van der Waals surface area contributed by atoms with Gasteiger partial charge in [-0.25, -0.2) is 8.42 Å². The van der Waals surface area contributed by atoms with E-state index in [4.69, 9.17) is 9.47 Å². The second-order valence-corrected chi connectivity index (χ2v) is 9.88. The molecule has 1 fully saturated rings. The number of amides is 2. The van der Waals surface area contributed by atoms with Crippen molar-refractivity contribution in [2.45, 2.75) is 18.7 Å². The number of sulfonamides is 1. The minimum absolute atomic E-state index is 0.0998. The number of nitrogens with zero attached hydrogens (tertiary/aromatic N) is 4. The first kappa shape index (κ1) is 25.6. The Labute approximate surface area is 200 Å². The maximum Gasteiger partial charge on any atom is 0.270 e. The molecule has 1 aromatic heterocycles. The maximum atomic E-state index is 13.1. The quantitative estimate of drug-likeness (QED) is 0.556. The Bertz CT molecular complexity index is 1130. The molecule has 0 bridgehead atoms. The van der Waals surface area contributed by atoms with Crippen LogP contribution in [-0.4, -0.2) is 92.4 Å². The van der Waals surface area contributed by atoms with Crippen LogP contribution in [-0.2, 0) is 17.1 Å². The predicted octanol–water partition coefficient (Wildman–Crippen LogP) is 1.67. The molecule has 1 aliphatic heterocycles. The number of benzene rings is 1. The molecule has 2 heterocycles. The molecule has 0 atom stereocenters. The van der Waals surface area contributed by atoms with Gasteiger partial charge in [-0.2, -0.15) is 4.31 Å². The summed E-state index contributed by atoms with van der Waals surface area (Å²) in [7, 11) is 1.04. The van der Waals surface area contributed by atoms with Gasteiger partial charge >= 0.3 is 0 Å². The molecule has 3 rings (SSSR count). The third-order valence-electron chi connectivity index (χ3n) is 5.99. The summed E-state index contributed by atoms with van der Waals surface area (Å²) in [5, 5.41) is 0. The number of rotatable bonds is 8. The zero-order valence-corrected chi connectivity index (χ0v) is 21.1. The van der Waals surface area contributed by atoms with Crippen molar-refractivity contribution in [2.24, 2.45) is 7.05 Å². The van der Waals surface area contributed by atoms with Crippen LogP contribution in [0.4, 0.5) is 0 Å². The van der Waals surface area contributed by atoms with Crippen LogP contribution >= 0.6 is 0 Å². The molecule has 0 saturated carbocycles. The Morgan fingerprint density at radius 2 is 1.38 bits per heavy atom. The fraction of sp³-hybridized carbons (Fsp3) is 0.478. The summed E-state index contributed by atoms with van der Waals surface area (Å²) >= 11 is 0. The van der Waals surface area contributed by atoms with Crippen molar-refractivity contribution in [3.05, 3.63) is 41.7 Å². The lowest BCUT2D eigenvalue weighted by atomic mass is 10.1. The highest BCUT2D eigenvalue weighted by Crippen LogP contribution is 2.24. The number of methoxy groups -OCH3 is 2. The van der Waals surface area contributed by atoms with Crippen molar-refractivity contribution in [3.8, 4) is 11.5 Å². The average Bonchev–Trinajstić information content (AvgIpc) is 3.25. The van der Waals surface area contributed by atoms with Crippen molar-refractivity contribution in [3.63, 3.8) is 0 Å². The van der Waals surface area contributed by atoms with Gasteiger partial charge in [-0.3, -0.25) is 9.59 Å². The predicted molar refractivity (Wildman–Crippen MR) is 127 cm³/mol. The minimum atomic E-state index is -3.66. The summed E-state index contributed by atoms with van der Waals surface area (Å²) in [5.74, 6) is 0.612. The molecule has 11 heteroatoms. The van der Waals surface area contributed by atoms with Gasteiger partial charge < -0.3 is 23.8 Å². The Morgan fingerprint density at radius 3 is 1.85 bits per heavy atom. The second kappa shape index (κ2) is 10.5. The monoisotopic (exact) mass is 492 g/mol. The molecule has 2 amide bonds. The van der Waals surface area contributed by atoms with Crippen molar-refractivity contribution in [2.75, 3.05) is 53.5 Å².